The van der Waals surface area contributed by atoms with Gasteiger partial charge in [0, 0.05) is 32.7 Å². The number of rotatable bonds is 5. The van der Waals surface area contributed by atoms with Crippen molar-refractivity contribution in [3.63, 3.8) is 0 Å². The number of piperidine rings is 1. The summed E-state index contributed by atoms with van der Waals surface area (Å²) in [6, 6.07) is 0.604. The van der Waals surface area contributed by atoms with E-state index in [4.69, 9.17) is 9.26 Å². The average molecular weight is 308 g/mol. The molecule has 0 amide bonds. The fraction of sp³-hybridized carbons (Fsp3) is 0.875. The largest absolute Gasteiger partial charge is 0.377 e. The van der Waals surface area contributed by atoms with Gasteiger partial charge in [0.15, 0.2) is 5.82 Å². The third-order valence-corrected chi connectivity index (χ3v) is 4.80. The molecule has 3 heterocycles. The molecule has 2 aliphatic heterocycles. The monoisotopic (exact) mass is 308 g/mol. The smallest absolute Gasteiger partial charge is 0.223 e. The molecule has 1 aromatic rings. The highest BCUT2D eigenvalue weighted by Crippen LogP contribution is 2.19. The second-order valence-corrected chi connectivity index (χ2v) is 6.69. The predicted molar refractivity (Wildman–Crippen MR) is 83.6 cm³/mol. The lowest BCUT2D eigenvalue weighted by Crippen LogP contribution is -2.48. The van der Waals surface area contributed by atoms with Gasteiger partial charge in [0.1, 0.15) is 0 Å². The van der Waals surface area contributed by atoms with Crippen LogP contribution in [0.3, 0.4) is 0 Å². The molecule has 0 radical (unpaired) electrons. The number of aryl methyl sites for hydroxylation is 1. The molecule has 2 fully saturated rings. The van der Waals surface area contributed by atoms with E-state index in [1.54, 1.807) is 0 Å². The molecule has 0 aromatic carbocycles. The Morgan fingerprint density at radius 3 is 2.91 bits per heavy atom. The third kappa shape index (κ3) is 4.27. The van der Waals surface area contributed by atoms with Gasteiger partial charge in [0.2, 0.25) is 5.89 Å². The SMILES string of the molecule is Cc1nc(CN2CCC[C@H](N(C)C[C@H]3CCCCO3)C2)no1. The Kier molecular flexibility index (Phi) is 5.44. The standard InChI is InChI=1S/C16H28N4O2/c1-13-17-16(18-22-13)12-20-8-5-6-14(10-20)19(2)11-15-7-3-4-9-21-15/h14-15H,3-12H2,1-2H3/t14-,15+/m0/s1. The van der Waals surface area contributed by atoms with Crippen molar-refractivity contribution in [2.75, 3.05) is 33.3 Å². The van der Waals surface area contributed by atoms with E-state index in [-0.39, 0.29) is 0 Å². The molecule has 0 aliphatic carbocycles. The lowest BCUT2D eigenvalue weighted by atomic mass is 10.0. The molecule has 2 atom stereocenters. The van der Waals surface area contributed by atoms with Crippen LogP contribution in [0.15, 0.2) is 4.52 Å². The number of likely N-dealkylation sites (N-methyl/N-ethyl adjacent to an activating group) is 1. The van der Waals surface area contributed by atoms with E-state index in [0.29, 0.717) is 18.0 Å². The first-order valence-corrected chi connectivity index (χ1v) is 8.54. The van der Waals surface area contributed by atoms with Crippen molar-refractivity contribution < 1.29 is 9.26 Å². The van der Waals surface area contributed by atoms with Gasteiger partial charge in [0.25, 0.3) is 0 Å². The summed E-state index contributed by atoms with van der Waals surface area (Å²) in [7, 11) is 2.24. The Morgan fingerprint density at radius 1 is 1.27 bits per heavy atom. The molecular weight excluding hydrogens is 280 g/mol. The van der Waals surface area contributed by atoms with Gasteiger partial charge in [-0.05, 0) is 45.7 Å². The van der Waals surface area contributed by atoms with Gasteiger partial charge in [-0.15, -0.1) is 0 Å². The minimum atomic E-state index is 0.425. The average Bonchev–Trinajstić information content (AvgIpc) is 2.93. The maximum atomic E-state index is 5.88. The van der Waals surface area contributed by atoms with Crippen LogP contribution in [-0.2, 0) is 11.3 Å². The predicted octanol–water partition coefficient (Wildman–Crippen LogP) is 1.84. The zero-order valence-corrected chi connectivity index (χ0v) is 13.8. The van der Waals surface area contributed by atoms with Crippen molar-refractivity contribution in [1.82, 2.24) is 19.9 Å². The maximum absolute atomic E-state index is 5.88. The van der Waals surface area contributed by atoms with Gasteiger partial charge in [0.05, 0.1) is 12.6 Å². The fourth-order valence-electron chi connectivity index (χ4n) is 3.56. The summed E-state index contributed by atoms with van der Waals surface area (Å²) in [4.78, 5) is 9.25. The molecule has 2 saturated heterocycles. The molecule has 0 saturated carbocycles. The van der Waals surface area contributed by atoms with Crippen LogP contribution in [0.2, 0.25) is 0 Å². The van der Waals surface area contributed by atoms with E-state index >= 15 is 0 Å². The van der Waals surface area contributed by atoms with Crippen LogP contribution in [-0.4, -0.2) is 65.4 Å². The first-order chi connectivity index (χ1) is 10.7. The maximum Gasteiger partial charge on any atom is 0.223 e. The van der Waals surface area contributed by atoms with Gasteiger partial charge < -0.3 is 9.26 Å². The fourth-order valence-corrected chi connectivity index (χ4v) is 3.56. The van der Waals surface area contributed by atoms with Crippen molar-refractivity contribution in [2.45, 2.75) is 57.7 Å². The van der Waals surface area contributed by atoms with Gasteiger partial charge >= 0.3 is 0 Å². The lowest BCUT2D eigenvalue weighted by Gasteiger charge is -2.39. The summed E-state index contributed by atoms with van der Waals surface area (Å²) < 4.78 is 10.9. The Balaban J connectivity index is 1.48. The zero-order chi connectivity index (χ0) is 15.4. The number of nitrogens with zero attached hydrogens (tertiary/aromatic N) is 4. The van der Waals surface area contributed by atoms with E-state index in [1.807, 2.05) is 6.92 Å². The van der Waals surface area contributed by atoms with Gasteiger partial charge in [-0.1, -0.05) is 5.16 Å². The second-order valence-electron chi connectivity index (χ2n) is 6.69. The molecule has 3 rings (SSSR count). The highest BCUT2D eigenvalue weighted by atomic mass is 16.5. The molecule has 2 aliphatic rings. The van der Waals surface area contributed by atoms with E-state index in [9.17, 15) is 0 Å². The van der Waals surface area contributed by atoms with Crippen molar-refractivity contribution in [3.8, 4) is 0 Å². The summed E-state index contributed by atoms with van der Waals surface area (Å²) in [6.07, 6.45) is 6.67. The van der Waals surface area contributed by atoms with Crippen LogP contribution in [0.25, 0.3) is 0 Å². The van der Waals surface area contributed by atoms with Crippen molar-refractivity contribution >= 4 is 0 Å². The Morgan fingerprint density at radius 2 is 2.18 bits per heavy atom. The van der Waals surface area contributed by atoms with Crippen molar-refractivity contribution in [3.05, 3.63) is 11.7 Å². The van der Waals surface area contributed by atoms with E-state index in [2.05, 4.69) is 27.0 Å². The molecule has 6 heteroatoms. The number of ether oxygens (including phenoxy) is 1. The number of hydrogen-bond acceptors (Lipinski definition) is 6. The highest BCUT2D eigenvalue weighted by Gasteiger charge is 2.26. The molecule has 0 unspecified atom stereocenters. The molecule has 6 nitrogen and oxygen atoms in total. The van der Waals surface area contributed by atoms with Crippen LogP contribution in [0.5, 0.6) is 0 Å². The lowest BCUT2D eigenvalue weighted by molar-refractivity contribution is -0.0153. The van der Waals surface area contributed by atoms with E-state index in [0.717, 1.165) is 38.6 Å². The number of likely N-dealkylation sites (tertiary alicyclic amines) is 1. The second kappa shape index (κ2) is 7.53. The van der Waals surface area contributed by atoms with Crippen LogP contribution < -0.4 is 0 Å². The Bertz CT molecular complexity index is 459. The minimum Gasteiger partial charge on any atom is -0.377 e. The number of aromatic nitrogens is 2. The first kappa shape index (κ1) is 15.9. The summed E-state index contributed by atoms with van der Waals surface area (Å²) in [5, 5.41) is 4.01. The highest BCUT2D eigenvalue weighted by molar-refractivity contribution is 4.87. The minimum absolute atomic E-state index is 0.425. The Labute approximate surface area is 132 Å². The van der Waals surface area contributed by atoms with Crippen LogP contribution in [0.4, 0.5) is 0 Å². The quantitative estimate of drug-likeness (QED) is 0.827. The zero-order valence-electron chi connectivity index (χ0n) is 13.8. The number of hydrogen-bond donors (Lipinski definition) is 0. The summed E-state index contributed by atoms with van der Waals surface area (Å²) in [5.41, 5.74) is 0. The Hall–Kier alpha value is -0.980. The topological polar surface area (TPSA) is 54.6 Å². The van der Waals surface area contributed by atoms with E-state index in [1.165, 1.54) is 32.1 Å². The molecule has 0 N–H and O–H groups in total. The third-order valence-electron chi connectivity index (χ3n) is 4.80. The first-order valence-electron chi connectivity index (χ1n) is 8.54. The molecule has 1 aromatic heterocycles. The van der Waals surface area contributed by atoms with Crippen molar-refractivity contribution in [2.24, 2.45) is 0 Å². The van der Waals surface area contributed by atoms with E-state index < -0.39 is 0 Å². The summed E-state index contributed by atoms with van der Waals surface area (Å²) >= 11 is 0. The molecule has 22 heavy (non-hydrogen) atoms. The van der Waals surface area contributed by atoms with Gasteiger partial charge in [-0.25, -0.2) is 0 Å². The van der Waals surface area contributed by atoms with Gasteiger partial charge in [-0.2, -0.15) is 4.98 Å². The normalized spacial score (nSPS) is 27.4. The summed E-state index contributed by atoms with van der Waals surface area (Å²) in [5.74, 6) is 1.45. The van der Waals surface area contributed by atoms with Crippen LogP contribution >= 0.6 is 0 Å². The van der Waals surface area contributed by atoms with Crippen LogP contribution in [0, 0.1) is 6.92 Å². The molecular formula is C16H28N4O2. The van der Waals surface area contributed by atoms with Crippen molar-refractivity contribution in [1.29, 1.82) is 0 Å². The molecule has 0 spiro atoms. The molecule has 0 bridgehead atoms. The molecule has 124 valence electrons. The van der Waals surface area contributed by atoms with Gasteiger partial charge in [-0.3, -0.25) is 9.80 Å². The summed E-state index contributed by atoms with van der Waals surface area (Å²) in [6.45, 7) is 6.83. The van der Waals surface area contributed by atoms with Crippen LogP contribution in [0.1, 0.15) is 43.8 Å².